The van der Waals surface area contributed by atoms with Gasteiger partial charge in [-0.3, -0.25) is 14.5 Å². The standard InChI is InChI=1S/C19H29N5O2/c25-18(21-17-9-10-20-24(17)16-7-3-4-8-16)13-22-11-12-23(19(26)14-22)15-5-1-2-6-15/h9-10,15-16H,1-8,11-14H2,(H,21,25). The minimum Gasteiger partial charge on any atom is -0.337 e. The minimum absolute atomic E-state index is 0.0631. The lowest BCUT2D eigenvalue weighted by Crippen LogP contribution is -2.54. The molecule has 7 heteroatoms. The maximum absolute atomic E-state index is 12.5. The summed E-state index contributed by atoms with van der Waals surface area (Å²) >= 11 is 0. The molecular formula is C19H29N5O2. The zero-order valence-electron chi connectivity index (χ0n) is 15.4. The summed E-state index contributed by atoms with van der Waals surface area (Å²) in [5.74, 6) is 0.886. The van der Waals surface area contributed by atoms with Gasteiger partial charge in [0, 0.05) is 25.2 Å². The SMILES string of the molecule is O=C(CN1CCN(C2CCCC2)C(=O)C1)Nc1ccnn1C1CCCC1. The van der Waals surface area contributed by atoms with Gasteiger partial charge in [-0.05, 0) is 25.7 Å². The van der Waals surface area contributed by atoms with Crippen LogP contribution in [-0.4, -0.2) is 63.6 Å². The van der Waals surface area contributed by atoms with Gasteiger partial charge in [0.1, 0.15) is 5.82 Å². The quantitative estimate of drug-likeness (QED) is 0.873. The van der Waals surface area contributed by atoms with Crippen LogP contribution in [0, 0.1) is 0 Å². The van der Waals surface area contributed by atoms with E-state index >= 15 is 0 Å². The second kappa shape index (κ2) is 7.78. The van der Waals surface area contributed by atoms with Crippen LogP contribution in [0.4, 0.5) is 5.82 Å². The van der Waals surface area contributed by atoms with Crippen molar-refractivity contribution in [2.24, 2.45) is 0 Å². The van der Waals surface area contributed by atoms with Crippen LogP contribution in [0.15, 0.2) is 12.3 Å². The normalized spacial score (nSPS) is 23.1. The van der Waals surface area contributed by atoms with Gasteiger partial charge in [-0.25, -0.2) is 4.68 Å². The monoisotopic (exact) mass is 359 g/mol. The number of rotatable bonds is 5. The first kappa shape index (κ1) is 17.5. The molecule has 0 bridgehead atoms. The molecule has 2 heterocycles. The Morgan fingerprint density at radius 2 is 1.77 bits per heavy atom. The fraction of sp³-hybridized carbons (Fsp3) is 0.737. The van der Waals surface area contributed by atoms with Crippen molar-refractivity contribution < 1.29 is 9.59 Å². The molecule has 1 aliphatic heterocycles. The number of nitrogens with one attached hydrogen (secondary N) is 1. The summed E-state index contributed by atoms with van der Waals surface area (Å²) in [6.07, 6.45) is 11.2. The largest absolute Gasteiger partial charge is 0.337 e. The van der Waals surface area contributed by atoms with E-state index in [4.69, 9.17) is 0 Å². The Kier molecular flexibility index (Phi) is 5.24. The predicted octanol–water partition coefficient (Wildman–Crippen LogP) is 2.02. The van der Waals surface area contributed by atoms with Crippen molar-refractivity contribution in [2.45, 2.75) is 63.5 Å². The van der Waals surface area contributed by atoms with E-state index in [1.165, 1.54) is 25.7 Å². The topological polar surface area (TPSA) is 70.5 Å². The predicted molar refractivity (Wildman–Crippen MR) is 98.8 cm³/mol. The maximum Gasteiger partial charge on any atom is 0.239 e. The highest BCUT2D eigenvalue weighted by molar-refractivity contribution is 5.92. The van der Waals surface area contributed by atoms with E-state index in [9.17, 15) is 9.59 Å². The van der Waals surface area contributed by atoms with Crippen LogP contribution in [-0.2, 0) is 9.59 Å². The molecule has 1 aromatic rings. The lowest BCUT2D eigenvalue weighted by Gasteiger charge is -2.37. The summed E-state index contributed by atoms with van der Waals surface area (Å²) in [6, 6.07) is 2.69. The van der Waals surface area contributed by atoms with Gasteiger partial charge in [-0.15, -0.1) is 0 Å². The molecule has 2 aliphatic carbocycles. The molecule has 3 aliphatic rings. The van der Waals surface area contributed by atoms with Crippen LogP contribution in [0.2, 0.25) is 0 Å². The number of anilines is 1. The van der Waals surface area contributed by atoms with Crippen molar-refractivity contribution in [1.82, 2.24) is 19.6 Å². The van der Waals surface area contributed by atoms with Gasteiger partial charge in [0.25, 0.3) is 0 Å². The molecule has 0 unspecified atom stereocenters. The van der Waals surface area contributed by atoms with Crippen LogP contribution < -0.4 is 5.32 Å². The van der Waals surface area contributed by atoms with Crippen molar-refractivity contribution >= 4 is 17.6 Å². The zero-order chi connectivity index (χ0) is 17.9. The van der Waals surface area contributed by atoms with Crippen molar-refractivity contribution in [1.29, 1.82) is 0 Å². The summed E-state index contributed by atoms with van der Waals surface area (Å²) in [7, 11) is 0. The van der Waals surface area contributed by atoms with Crippen LogP contribution in [0.25, 0.3) is 0 Å². The summed E-state index contributed by atoms with van der Waals surface area (Å²) in [5, 5.41) is 7.38. The summed E-state index contributed by atoms with van der Waals surface area (Å²) in [5.41, 5.74) is 0. The number of piperazine rings is 1. The minimum atomic E-state index is -0.0631. The molecule has 3 fully saturated rings. The molecule has 1 saturated heterocycles. The smallest absolute Gasteiger partial charge is 0.239 e. The van der Waals surface area contributed by atoms with E-state index in [1.807, 2.05) is 20.5 Å². The van der Waals surface area contributed by atoms with Crippen LogP contribution in [0.5, 0.6) is 0 Å². The number of amides is 2. The molecule has 4 rings (SSSR count). The summed E-state index contributed by atoms with van der Waals surface area (Å²) in [6.45, 7) is 2.14. The molecule has 0 spiro atoms. The Morgan fingerprint density at radius 1 is 1.08 bits per heavy atom. The maximum atomic E-state index is 12.5. The third kappa shape index (κ3) is 3.77. The highest BCUT2D eigenvalue weighted by Crippen LogP contribution is 2.31. The average molecular weight is 359 g/mol. The van der Waals surface area contributed by atoms with Crippen LogP contribution in [0.1, 0.15) is 57.4 Å². The second-order valence-corrected chi connectivity index (χ2v) is 7.88. The lowest BCUT2D eigenvalue weighted by atomic mass is 10.1. The molecular weight excluding hydrogens is 330 g/mol. The van der Waals surface area contributed by atoms with E-state index in [1.54, 1.807) is 6.20 Å². The van der Waals surface area contributed by atoms with Gasteiger partial charge < -0.3 is 10.2 Å². The Labute approximate surface area is 154 Å². The third-order valence-electron chi connectivity index (χ3n) is 6.08. The van der Waals surface area contributed by atoms with Crippen molar-refractivity contribution in [3.63, 3.8) is 0 Å². The molecule has 142 valence electrons. The van der Waals surface area contributed by atoms with Gasteiger partial charge in [0.15, 0.2) is 0 Å². The number of nitrogens with zero attached hydrogens (tertiary/aromatic N) is 4. The Balaban J connectivity index is 1.29. The number of aromatic nitrogens is 2. The van der Waals surface area contributed by atoms with Crippen LogP contribution >= 0.6 is 0 Å². The number of carbonyl (C=O) groups is 2. The van der Waals surface area contributed by atoms with Gasteiger partial charge in [0.2, 0.25) is 11.8 Å². The first-order valence-corrected chi connectivity index (χ1v) is 10.1. The van der Waals surface area contributed by atoms with Crippen LogP contribution in [0.3, 0.4) is 0 Å². The van der Waals surface area contributed by atoms with E-state index < -0.39 is 0 Å². The molecule has 0 atom stereocenters. The Morgan fingerprint density at radius 3 is 2.46 bits per heavy atom. The number of carbonyl (C=O) groups excluding carboxylic acids is 2. The van der Waals surface area contributed by atoms with Crippen molar-refractivity contribution in [3.05, 3.63) is 12.3 Å². The van der Waals surface area contributed by atoms with E-state index in [0.717, 1.165) is 44.6 Å². The van der Waals surface area contributed by atoms with Crippen molar-refractivity contribution in [3.8, 4) is 0 Å². The zero-order valence-corrected chi connectivity index (χ0v) is 15.4. The summed E-state index contributed by atoms with van der Waals surface area (Å²) < 4.78 is 1.95. The lowest BCUT2D eigenvalue weighted by molar-refractivity contribution is -0.139. The molecule has 1 aromatic heterocycles. The Bertz CT molecular complexity index is 646. The summed E-state index contributed by atoms with van der Waals surface area (Å²) in [4.78, 5) is 28.9. The molecule has 1 N–H and O–H groups in total. The molecule has 7 nitrogen and oxygen atoms in total. The molecule has 0 radical (unpaired) electrons. The molecule has 2 amide bonds. The highest BCUT2D eigenvalue weighted by Gasteiger charge is 2.31. The molecule has 2 saturated carbocycles. The Hall–Kier alpha value is -1.89. The van der Waals surface area contributed by atoms with Gasteiger partial charge in [-0.2, -0.15) is 5.10 Å². The molecule has 26 heavy (non-hydrogen) atoms. The van der Waals surface area contributed by atoms with Gasteiger partial charge in [-0.1, -0.05) is 25.7 Å². The van der Waals surface area contributed by atoms with E-state index in [-0.39, 0.29) is 18.4 Å². The van der Waals surface area contributed by atoms with Gasteiger partial charge >= 0.3 is 0 Å². The first-order valence-electron chi connectivity index (χ1n) is 10.1. The fourth-order valence-electron chi connectivity index (χ4n) is 4.71. The van der Waals surface area contributed by atoms with Crippen molar-refractivity contribution in [2.75, 3.05) is 31.5 Å². The van der Waals surface area contributed by atoms with E-state index in [0.29, 0.717) is 18.6 Å². The van der Waals surface area contributed by atoms with E-state index in [2.05, 4.69) is 10.4 Å². The van der Waals surface area contributed by atoms with Gasteiger partial charge in [0.05, 0.1) is 25.3 Å². The second-order valence-electron chi connectivity index (χ2n) is 7.88. The molecule has 0 aromatic carbocycles. The first-order chi connectivity index (χ1) is 12.7. The number of hydrogen-bond donors (Lipinski definition) is 1. The third-order valence-corrected chi connectivity index (χ3v) is 6.08. The fourth-order valence-corrected chi connectivity index (χ4v) is 4.71. The average Bonchev–Trinajstić information content (AvgIpc) is 3.37. The number of hydrogen-bond acceptors (Lipinski definition) is 4. The highest BCUT2D eigenvalue weighted by atomic mass is 16.2.